The minimum Gasteiger partial charge on any atom is -0.477 e. The third-order valence-electron chi connectivity index (χ3n) is 2.57. The minimum atomic E-state index is -1.08. The Bertz CT molecular complexity index is 633. The van der Waals surface area contributed by atoms with Crippen molar-refractivity contribution in [1.29, 1.82) is 0 Å². The SMILES string of the molecule is CCn1nnc(C)c1/C=C/c1cc(C(=O)O)ncn1. The van der Waals surface area contributed by atoms with Crippen LogP contribution in [0.25, 0.3) is 12.2 Å². The Morgan fingerprint density at radius 3 is 2.89 bits per heavy atom. The fourth-order valence-electron chi connectivity index (χ4n) is 1.59. The summed E-state index contributed by atoms with van der Waals surface area (Å²) < 4.78 is 1.76. The maximum absolute atomic E-state index is 10.8. The van der Waals surface area contributed by atoms with Crippen LogP contribution in [0.5, 0.6) is 0 Å². The number of carboxylic acid groups (broad SMARTS) is 1. The van der Waals surface area contributed by atoms with Gasteiger partial charge in [0.15, 0.2) is 5.69 Å². The fourth-order valence-corrected chi connectivity index (χ4v) is 1.59. The summed E-state index contributed by atoms with van der Waals surface area (Å²) in [6, 6.07) is 1.41. The Balaban J connectivity index is 2.30. The monoisotopic (exact) mass is 259 g/mol. The second-order valence-corrected chi connectivity index (χ2v) is 3.84. The third kappa shape index (κ3) is 2.82. The summed E-state index contributed by atoms with van der Waals surface area (Å²) in [6.45, 7) is 4.55. The van der Waals surface area contributed by atoms with Gasteiger partial charge in [-0.1, -0.05) is 5.21 Å². The molecule has 1 N–H and O–H groups in total. The maximum atomic E-state index is 10.8. The number of rotatable bonds is 4. The molecule has 0 aliphatic carbocycles. The van der Waals surface area contributed by atoms with Crippen LogP contribution >= 0.6 is 0 Å². The van der Waals surface area contributed by atoms with E-state index >= 15 is 0 Å². The Hall–Kier alpha value is -2.57. The molecule has 0 aliphatic rings. The first-order chi connectivity index (χ1) is 9.11. The van der Waals surface area contributed by atoms with Crippen molar-refractivity contribution >= 4 is 18.1 Å². The largest absolute Gasteiger partial charge is 0.477 e. The van der Waals surface area contributed by atoms with E-state index in [1.807, 2.05) is 19.9 Å². The van der Waals surface area contributed by atoms with Crippen LogP contribution in [0.15, 0.2) is 12.4 Å². The van der Waals surface area contributed by atoms with Crippen LogP contribution in [-0.2, 0) is 6.54 Å². The van der Waals surface area contributed by atoms with Crippen molar-refractivity contribution in [3.05, 3.63) is 35.2 Å². The van der Waals surface area contributed by atoms with Crippen molar-refractivity contribution in [2.45, 2.75) is 20.4 Å². The van der Waals surface area contributed by atoms with Crippen LogP contribution in [0.4, 0.5) is 0 Å². The van der Waals surface area contributed by atoms with Gasteiger partial charge < -0.3 is 5.11 Å². The van der Waals surface area contributed by atoms with Crippen LogP contribution in [0.2, 0.25) is 0 Å². The maximum Gasteiger partial charge on any atom is 0.354 e. The minimum absolute atomic E-state index is 0.0338. The quantitative estimate of drug-likeness (QED) is 0.888. The average Bonchev–Trinajstić information content (AvgIpc) is 2.77. The lowest BCUT2D eigenvalue weighted by Gasteiger charge is -1.99. The van der Waals surface area contributed by atoms with Gasteiger partial charge in [-0.15, -0.1) is 5.10 Å². The van der Waals surface area contributed by atoms with Crippen molar-refractivity contribution in [3.8, 4) is 0 Å². The average molecular weight is 259 g/mol. The highest BCUT2D eigenvalue weighted by Crippen LogP contribution is 2.09. The summed E-state index contributed by atoms with van der Waals surface area (Å²) in [5, 5.41) is 16.8. The number of aromatic nitrogens is 5. The topological polar surface area (TPSA) is 93.8 Å². The van der Waals surface area contributed by atoms with Crippen LogP contribution in [-0.4, -0.2) is 36.0 Å². The summed E-state index contributed by atoms with van der Waals surface area (Å²) in [4.78, 5) is 18.5. The molecule has 0 unspecified atom stereocenters. The first-order valence-electron chi connectivity index (χ1n) is 5.75. The Kier molecular flexibility index (Phi) is 3.65. The molecular formula is C12H13N5O2. The predicted octanol–water partition coefficient (Wildman–Crippen LogP) is 1.27. The lowest BCUT2D eigenvalue weighted by molar-refractivity contribution is 0.0690. The van der Waals surface area contributed by atoms with Crippen molar-refractivity contribution in [3.63, 3.8) is 0 Å². The highest BCUT2D eigenvalue weighted by Gasteiger charge is 2.06. The van der Waals surface area contributed by atoms with Crippen molar-refractivity contribution in [2.24, 2.45) is 0 Å². The van der Waals surface area contributed by atoms with Crippen LogP contribution in [0.1, 0.15) is 34.5 Å². The molecule has 98 valence electrons. The second kappa shape index (κ2) is 5.38. The van der Waals surface area contributed by atoms with Gasteiger partial charge in [-0.05, 0) is 32.1 Å². The smallest absolute Gasteiger partial charge is 0.354 e. The molecule has 0 fully saturated rings. The zero-order valence-electron chi connectivity index (χ0n) is 10.6. The first-order valence-corrected chi connectivity index (χ1v) is 5.75. The molecule has 0 aliphatic heterocycles. The molecule has 7 heteroatoms. The van der Waals surface area contributed by atoms with Crippen molar-refractivity contribution in [1.82, 2.24) is 25.0 Å². The summed E-state index contributed by atoms with van der Waals surface area (Å²) in [5.74, 6) is -1.08. The van der Waals surface area contributed by atoms with E-state index in [-0.39, 0.29) is 5.69 Å². The van der Waals surface area contributed by atoms with Gasteiger partial charge in [0.05, 0.1) is 17.1 Å². The van der Waals surface area contributed by atoms with Gasteiger partial charge in [0.1, 0.15) is 6.33 Å². The van der Waals surface area contributed by atoms with E-state index in [9.17, 15) is 4.79 Å². The van der Waals surface area contributed by atoms with E-state index in [1.54, 1.807) is 10.8 Å². The zero-order valence-corrected chi connectivity index (χ0v) is 10.6. The molecule has 0 spiro atoms. The lowest BCUT2D eigenvalue weighted by atomic mass is 10.2. The van der Waals surface area contributed by atoms with E-state index in [0.717, 1.165) is 11.4 Å². The first kappa shape index (κ1) is 12.9. The number of hydrogen-bond acceptors (Lipinski definition) is 5. The Morgan fingerprint density at radius 1 is 1.42 bits per heavy atom. The molecule has 2 heterocycles. The number of carboxylic acids is 1. The lowest BCUT2D eigenvalue weighted by Crippen LogP contribution is -2.01. The van der Waals surface area contributed by atoms with Crippen molar-refractivity contribution < 1.29 is 9.90 Å². The normalized spacial score (nSPS) is 11.1. The molecule has 0 radical (unpaired) electrons. The number of hydrogen-bond donors (Lipinski definition) is 1. The van der Waals surface area contributed by atoms with E-state index in [1.165, 1.54) is 12.4 Å². The number of carbonyl (C=O) groups is 1. The van der Waals surface area contributed by atoms with Gasteiger partial charge in [-0.25, -0.2) is 19.4 Å². The van der Waals surface area contributed by atoms with E-state index in [2.05, 4.69) is 20.3 Å². The molecule has 0 atom stereocenters. The van der Waals surface area contributed by atoms with Gasteiger partial charge in [0.25, 0.3) is 0 Å². The number of aromatic carboxylic acids is 1. The van der Waals surface area contributed by atoms with Crippen molar-refractivity contribution in [2.75, 3.05) is 0 Å². The highest BCUT2D eigenvalue weighted by molar-refractivity contribution is 5.86. The number of aryl methyl sites for hydroxylation is 2. The molecule has 0 amide bonds. The molecule has 2 rings (SSSR count). The summed E-state index contributed by atoms with van der Waals surface area (Å²) in [6.07, 6.45) is 4.75. The molecule has 7 nitrogen and oxygen atoms in total. The molecule has 0 saturated heterocycles. The van der Waals surface area contributed by atoms with Gasteiger partial charge >= 0.3 is 5.97 Å². The summed E-state index contributed by atoms with van der Waals surface area (Å²) in [7, 11) is 0. The van der Waals surface area contributed by atoms with Crippen LogP contribution in [0, 0.1) is 6.92 Å². The molecule has 2 aromatic heterocycles. The molecular weight excluding hydrogens is 246 g/mol. The van der Waals surface area contributed by atoms with Gasteiger partial charge in [0, 0.05) is 6.54 Å². The second-order valence-electron chi connectivity index (χ2n) is 3.84. The third-order valence-corrected chi connectivity index (χ3v) is 2.57. The number of nitrogens with zero attached hydrogens (tertiary/aromatic N) is 5. The molecule has 0 aromatic carbocycles. The Morgan fingerprint density at radius 2 is 2.21 bits per heavy atom. The summed E-state index contributed by atoms with van der Waals surface area (Å²) in [5.41, 5.74) is 2.17. The standard InChI is InChI=1S/C12H13N5O2/c1-3-17-11(8(2)15-16-17)5-4-9-6-10(12(18)19)14-7-13-9/h4-7H,3H2,1-2H3,(H,18,19)/b5-4+. The summed E-state index contributed by atoms with van der Waals surface area (Å²) >= 11 is 0. The molecule has 2 aromatic rings. The molecule has 19 heavy (non-hydrogen) atoms. The van der Waals surface area contributed by atoms with Gasteiger partial charge in [-0.3, -0.25) is 0 Å². The predicted molar refractivity (Wildman–Crippen MR) is 68.4 cm³/mol. The van der Waals surface area contributed by atoms with E-state index in [4.69, 9.17) is 5.11 Å². The highest BCUT2D eigenvalue weighted by atomic mass is 16.4. The van der Waals surface area contributed by atoms with E-state index in [0.29, 0.717) is 12.2 Å². The van der Waals surface area contributed by atoms with E-state index < -0.39 is 5.97 Å². The zero-order chi connectivity index (χ0) is 13.8. The van der Waals surface area contributed by atoms with Crippen LogP contribution < -0.4 is 0 Å². The molecule has 0 saturated carbocycles. The molecule has 0 bridgehead atoms. The van der Waals surface area contributed by atoms with Gasteiger partial charge in [-0.2, -0.15) is 0 Å². The fraction of sp³-hybridized carbons (Fsp3) is 0.250. The Labute approximate surface area is 109 Å². The van der Waals surface area contributed by atoms with Gasteiger partial charge in [0.2, 0.25) is 0 Å². The van der Waals surface area contributed by atoms with Crippen LogP contribution in [0.3, 0.4) is 0 Å².